The second kappa shape index (κ2) is 6.50. The molecule has 2 aromatic heterocycles. The van der Waals surface area contributed by atoms with Crippen LogP contribution in [0.3, 0.4) is 0 Å². The molecule has 7 heteroatoms. The number of nitrogens with zero attached hydrogens (tertiary/aromatic N) is 2. The van der Waals surface area contributed by atoms with Crippen molar-refractivity contribution in [1.29, 1.82) is 5.26 Å². The molecule has 0 amide bonds. The van der Waals surface area contributed by atoms with Crippen molar-refractivity contribution in [2.24, 2.45) is 0 Å². The molecule has 0 spiro atoms. The molecule has 0 aliphatic heterocycles. The van der Waals surface area contributed by atoms with Crippen LogP contribution >= 0.6 is 11.3 Å². The van der Waals surface area contributed by atoms with Crippen LogP contribution in [-0.4, -0.2) is 10.8 Å². The Kier molecular flexibility index (Phi) is 4.85. The van der Waals surface area contributed by atoms with Crippen LogP contribution in [0.25, 0.3) is 0 Å². The highest BCUT2D eigenvalue weighted by Crippen LogP contribution is 2.31. The summed E-state index contributed by atoms with van der Waals surface area (Å²) in [4.78, 5) is 17.6. The number of halogens is 3. The molecule has 1 atom stereocenters. The van der Waals surface area contributed by atoms with Crippen molar-refractivity contribution >= 4 is 17.1 Å². The molecule has 0 saturated heterocycles. The van der Waals surface area contributed by atoms with E-state index in [0.717, 1.165) is 29.0 Å². The van der Waals surface area contributed by atoms with Crippen molar-refractivity contribution in [2.75, 3.05) is 0 Å². The molecule has 0 aliphatic rings. The molecule has 2 heterocycles. The molecule has 0 fully saturated rings. The minimum Gasteiger partial charge on any atom is -0.291 e. The summed E-state index contributed by atoms with van der Waals surface area (Å²) < 4.78 is 37.6. The summed E-state index contributed by atoms with van der Waals surface area (Å²) in [5.41, 5.74) is 0.0816. The first-order valence-corrected chi connectivity index (χ1v) is 7.65. The first-order valence-electron chi connectivity index (χ1n) is 6.84. The van der Waals surface area contributed by atoms with Crippen molar-refractivity contribution in [3.05, 3.63) is 51.0 Å². The maximum atomic E-state index is 12.5. The third-order valence-corrected chi connectivity index (χ3v) is 4.78. The highest BCUT2D eigenvalue weighted by molar-refractivity contribution is 7.14. The van der Waals surface area contributed by atoms with E-state index in [0.29, 0.717) is 11.1 Å². The number of carbonyl (C=O) groups is 1. The van der Waals surface area contributed by atoms with Crippen LogP contribution in [0.1, 0.15) is 44.2 Å². The van der Waals surface area contributed by atoms with Gasteiger partial charge in [-0.1, -0.05) is 6.92 Å². The molecule has 0 aromatic carbocycles. The molecule has 0 saturated carbocycles. The summed E-state index contributed by atoms with van der Waals surface area (Å²) in [6, 6.07) is 5.45. The van der Waals surface area contributed by atoms with E-state index in [1.807, 2.05) is 19.9 Å². The van der Waals surface area contributed by atoms with Crippen LogP contribution in [0.5, 0.6) is 0 Å². The van der Waals surface area contributed by atoms with E-state index >= 15 is 0 Å². The predicted octanol–water partition coefficient (Wildman–Crippen LogP) is 4.52. The topological polar surface area (TPSA) is 53.8 Å². The molecule has 1 unspecified atom stereocenters. The number of hydrogen-bond acceptors (Lipinski definition) is 4. The smallest absolute Gasteiger partial charge is 0.291 e. The van der Waals surface area contributed by atoms with E-state index in [-0.39, 0.29) is 5.69 Å². The average molecular weight is 338 g/mol. The van der Waals surface area contributed by atoms with Crippen LogP contribution in [0.2, 0.25) is 0 Å². The highest BCUT2D eigenvalue weighted by atomic mass is 32.1. The summed E-state index contributed by atoms with van der Waals surface area (Å²) in [6.45, 7) is 3.84. The van der Waals surface area contributed by atoms with E-state index < -0.39 is 23.4 Å². The summed E-state index contributed by atoms with van der Waals surface area (Å²) in [5.74, 6) is -1.65. The lowest BCUT2D eigenvalue weighted by atomic mass is 9.99. The average Bonchev–Trinajstić information content (AvgIpc) is 2.88. The molecule has 23 heavy (non-hydrogen) atoms. The van der Waals surface area contributed by atoms with Gasteiger partial charge in [-0.3, -0.25) is 9.78 Å². The maximum Gasteiger partial charge on any atom is 0.417 e. The van der Waals surface area contributed by atoms with Gasteiger partial charge in [0.25, 0.3) is 0 Å². The molecular formula is C16H13F3N2OS. The number of ketones is 1. The SMILES string of the molecule is CCc1sc(C(=O)C(C#N)c2ccc(C(F)(F)F)cn2)cc1C. The Morgan fingerprint density at radius 3 is 2.57 bits per heavy atom. The van der Waals surface area contributed by atoms with Crippen LogP contribution in [-0.2, 0) is 12.6 Å². The molecule has 0 radical (unpaired) electrons. The van der Waals surface area contributed by atoms with Crippen molar-refractivity contribution < 1.29 is 18.0 Å². The molecule has 0 aliphatic carbocycles. The third kappa shape index (κ3) is 3.59. The van der Waals surface area contributed by atoms with Gasteiger partial charge in [0.1, 0.15) is 0 Å². The zero-order chi connectivity index (χ0) is 17.2. The zero-order valence-electron chi connectivity index (χ0n) is 12.4. The van der Waals surface area contributed by atoms with Crippen molar-refractivity contribution in [3.8, 4) is 6.07 Å². The Morgan fingerprint density at radius 1 is 1.43 bits per heavy atom. The fourth-order valence-corrected chi connectivity index (χ4v) is 3.22. The van der Waals surface area contributed by atoms with Crippen molar-refractivity contribution in [2.45, 2.75) is 32.4 Å². The monoisotopic (exact) mass is 338 g/mol. The summed E-state index contributed by atoms with van der Waals surface area (Å²) >= 11 is 1.30. The number of pyridine rings is 1. The van der Waals surface area contributed by atoms with Gasteiger partial charge >= 0.3 is 6.18 Å². The van der Waals surface area contributed by atoms with Crippen LogP contribution < -0.4 is 0 Å². The quantitative estimate of drug-likeness (QED) is 0.770. The van der Waals surface area contributed by atoms with Gasteiger partial charge in [0, 0.05) is 11.1 Å². The van der Waals surface area contributed by atoms with E-state index in [2.05, 4.69) is 4.98 Å². The van der Waals surface area contributed by atoms with Gasteiger partial charge in [-0.2, -0.15) is 18.4 Å². The Bertz CT molecular complexity index is 757. The summed E-state index contributed by atoms with van der Waals surface area (Å²) in [5, 5.41) is 9.25. The van der Waals surface area contributed by atoms with Gasteiger partial charge in [-0.05, 0) is 37.1 Å². The summed E-state index contributed by atoms with van der Waals surface area (Å²) in [7, 11) is 0. The van der Waals surface area contributed by atoms with Crippen LogP contribution in [0.15, 0.2) is 24.4 Å². The number of alkyl halides is 3. The summed E-state index contributed by atoms with van der Waals surface area (Å²) in [6.07, 6.45) is -3.08. The molecule has 2 rings (SSSR count). The third-order valence-electron chi connectivity index (χ3n) is 3.39. The van der Waals surface area contributed by atoms with Crippen LogP contribution in [0.4, 0.5) is 13.2 Å². The Labute approximate surface area is 135 Å². The second-order valence-corrected chi connectivity index (χ2v) is 6.10. The van der Waals surface area contributed by atoms with E-state index in [9.17, 15) is 23.2 Å². The first kappa shape index (κ1) is 17.2. The van der Waals surface area contributed by atoms with E-state index in [4.69, 9.17) is 0 Å². The lowest BCUT2D eigenvalue weighted by Crippen LogP contribution is -2.13. The van der Waals surface area contributed by atoms with E-state index in [1.54, 1.807) is 6.07 Å². The minimum atomic E-state index is -4.50. The number of carbonyl (C=O) groups excluding carboxylic acids is 1. The van der Waals surface area contributed by atoms with Gasteiger partial charge in [-0.25, -0.2) is 0 Å². The fraction of sp³-hybridized carbons (Fsp3) is 0.312. The number of thiophene rings is 1. The minimum absolute atomic E-state index is 0.0228. The predicted molar refractivity (Wildman–Crippen MR) is 80.4 cm³/mol. The lowest BCUT2D eigenvalue weighted by Gasteiger charge is -2.09. The maximum absolute atomic E-state index is 12.5. The number of aromatic nitrogens is 1. The number of aryl methyl sites for hydroxylation is 2. The van der Waals surface area contributed by atoms with Gasteiger partial charge in [0.05, 0.1) is 22.2 Å². The van der Waals surface area contributed by atoms with Gasteiger partial charge < -0.3 is 0 Å². The normalized spacial score (nSPS) is 12.7. The van der Waals surface area contributed by atoms with Crippen molar-refractivity contribution in [1.82, 2.24) is 4.98 Å². The standard InChI is InChI=1S/C16H13F3N2OS/c1-3-13-9(2)6-14(23-13)15(22)11(7-20)12-5-4-10(8-21-12)16(17,18)19/h4-6,8,11H,3H2,1-2H3. The lowest BCUT2D eigenvalue weighted by molar-refractivity contribution is -0.137. The largest absolute Gasteiger partial charge is 0.417 e. The fourth-order valence-electron chi connectivity index (χ4n) is 2.14. The Hall–Kier alpha value is -2.20. The molecule has 0 N–H and O–H groups in total. The van der Waals surface area contributed by atoms with Crippen molar-refractivity contribution in [3.63, 3.8) is 0 Å². The van der Waals surface area contributed by atoms with Gasteiger partial charge in [0.2, 0.25) is 0 Å². The number of hydrogen-bond donors (Lipinski definition) is 0. The van der Waals surface area contributed by atoms with Gasteiger partial charge in [0.15, 0.2) is 11.7 Å². The first-order chi connectivity index (χ1) is 10.8. The molecule has 120 valence electrons. The molecule has 2 aromatic rings. The second-order valence-electron chi connectivity index (χ2n) is 4.97. The molecule has 3 nitrogen and oxygen atoms in total. The zero-order valence-corrected chi connectivity index (χ0v) is 13.3. The molecule has 0 bridgehead atoms. The van der Waals surface area contributed by atoms with E-state index in [1.165, 1.54) is 11.3 Å². The van der Waals surface area contributed by atoms with Gasteiger partial charge in [-0.15, -0.1) is 11.3 Å². The number of rotatable bonds is 4. The van der Waals surface area contributed by atoms with Crippen LogP contribution in [0, 0.1) is 18.3 Å². The number of Topliss-reactive ketones (excluding diaryl/α,β-unsaturated/α-hetero) is 1. The Morgan fingerprint density at radius 2 is 2.13 bits per heavy atom. The molecular weight excluding hydrogens is 325 g/mol. The number of nitriles is 1. The Balaban J connectivity index is 2.32. The highest BCUT2D eigenvalue weighted by Gasteiger charge is 2.32.